The summed E-state index contributed by atoms with van der Waals surface area (Å²) < 4.78 is 29.0. The van der Waals surface area contributed by atoms with E-state index in [2.05, 4.69) is 15.5 Å². The van der Waals surface area contributed by atoms with E-state index in [1.165, 1.54) is 51.1 Å². The molecular weight excluding hydrogens is 693 g/mol. The van der Waals surface area contributed by atoms with Gasteiger partial charge in [-0.3, -0.25) is 9.80 Å². The minimum atomic E-state index is -4.07. The Morgan fingerprint density at radius 3 is 2.39 bits per heavy atom. The highest BCUT2D eigenvalue weighted by Crippen LogP contribution is 2.25. The van der Waals surface area contributed by atoms with Crippen LogP contribution in [0, 0.1) is 11.8 Å². The number of amides is 3. The standard InChI is InChI=1S/C35H50N8O6S2/c1-6-25(4)32(43-17-16-41(35(43)46)21-28-23-50-34(38-28)40(5)36)33(45)39-30(18-26-10-8-7-9-11-26)31(44)22-42(20-24(2)3)51(48,49)29-14-12-27(13-15-29)19-37-47/h7-15,19,23-25,30-32,44,47H,6,16-18,20-22,36H2,1-5H3,(H,39,45)/t25-,30-,31-,32-/m0/s1. The number of benzene rings is 2. The molecule has 0 saturated carbocycles. The van der Waals surface area contributed by atoms with Crippen molar-refractivity contribution in [1.29, 1.82) is 0 Å². The summed E-state index contributed by atoms with van der Waals surface area (Å²) in [5, 5.41) is 30.6. The fourth-order valence-corrected chi connectivity index (χ4v) is 8.36. The average Bonchev–Trinajstić information content (AvgIpc) is 3.71. The van der Waals surface area contributed by atoms with Gasteiger partial charge in [-0.05, 0) is 41.5 Å². The normalized spacial score (nSPS) is 16.2. The molecule has 2 heterocycles. The van der Waals surface area contributed by atoms with E-state index in [1.807, 2.05) is 63.4 Å². The first-order chi connectivity index (χ1) is 24.2. The predicted molar refractivity (Wildman–Crippen MR) is 198 cm³/mol. The van der Waals surface area contributed by atoms with Gasteiger partial charge in [0.1, 0.15) is 6.04 Å². The topological polar surface area (TPSA) is 185 Å². The van der Waals surface area contributed by atoms with Crippen LogP contribution in [0.4, 0.5) is 9.93 Å². The number of oxime groups is 1. The van der Waals surface area contributed by atoms with E-state index in [0.29, 0.717) is 35.9 Å². The molecule has 1 aromatic heterocycles. The number of rotatable bonds is 18. The van der Waals surface area contributed by atoms with Crippen LogP contribution in [0.1, 0.15) is 50.9 Å². The third-order valence-electron chi connectivity index (χ3n) is 8.88. The number of aliphatic hydroxyl groups excluding tert-OH is 1. The Balaban J connectivity index is 1.58. The Morgan fingerprint density at radius 2 is 1.80 bits per heavy atom. The molecule has 1 aliphatic rings. The van der Waals surface area contributed by atoms with Crippen LogP contribution in [0.15, 0.2) is 70.0 Å². The van der Waals surface area contributed by atoms with Gasteiger partial charge in [-0.15, -0.1) is 11.3 Å². The van der Waals surface area contributed by atoms with Crippen molar-refractivity contribution >= 4 is 44.6 Å². The zero-order valence-electron chi connectivity index (χ0n) is 29.8. The number of hydrogen-bond donors (Lipinski definition) is 4. The largest absolute Gasteiger partial charge is 0.411 e. The molecule has 4 atom stereocenters. The fourth-order valence-electron chi connectivity index (χ4n) is 6.04. The molecule has 0 bridgehead atoms. The van der Waals surface area contributed by atoms with Gasteiger partial charge in [0.15, 0.2) is 5.13 Å². The maximum Gasteiger partial charge on any atom is 0.321 e. The highest BCUT2D eigenvalue weighted by molar-refractivity contribution is 7.89. The minimum absolute atomic E-state index is 0.0203. The molecule has 3 aromatic rings. The first kappa shape index (κ1) is 39.7. The highest BCUT2D eigenvalue weighted by Gasteiger charge is 2.41. The SMILES string of the molecule is CC[C@H](C)[C@@H](C(=O)N[C@@H](Cc1ccccc1)[C@@H](O)CN(CC(C)C)S(=O)(=O)c1ccc(C=NO)cc1)N1CCN(Cc2csc(N(C)N)n2)C1=O. The number of thiazole rings is 1. The maximum absolute atomic E-state index is 14.3. The number of nitrogens with two attached hydrogens (primary N) is 1. The van der Waals surface area contributed by atoms with E-state index >= 15 is 0 Å². The number of anilines is 1. The summed E-state index contributed by atoms with van der Waals surface area (Å²) in [6.45, 7) is 8.52. The quantitative estimate of drug-likeness (QED) is 0.0657. The van der Waals surface area contributed by atoms with Crippen molar-refractivity contribution in [3.8, 4) is 0 Å². The van der Waals surface area contributed by atoms with Crippen LogP contribution in [0.3, 0.4) is 0 Å². The lowest BCUT2D eigenvalue weighted by molar-refractivity contribution is -0.128. The molecule has 5 N–H and O–H groups in total. The predicted octanol–water partition coefficient (Wildman–Crippen LogP) is 3.35. The van der Waals surface area contributed by atoms with Crippen molar-refractivity contribution in [2.45, 2.75) is 70.2 Å². The number of hydrazine groups is 1. The second kappa shape index (κ2) is 17.9. The van der Waals surface area contributed by atoms with Crippen LogP contribution in [-0.4, -0.2) is 107 Å². The van der Waals surface area contributed by atoms with Crippen LogP contribution in [0.2, 0.25) is 0 Å². The summed E-state index contributed by atoms with van der Waals surface area (Å²) in [5.41, 5.74) is 2.06. The Morgan fingerprint density at radius 1 is 1.12 bits per heavy atom. The molecule has 51 heavy (non-hydrogen) atoms. The van der Waals surface area contributed by atoms with Gasteiger partial charge in [-0.25, -0.2) is 24.0 Å². The number of nitrogens with one attached hydrogen (secondary N) is 1. The molecule has 1 aliphatic heterocycles. The lowest BCUT2D eigenvalue weighted by atomic mass is 9.95. The van der Waals surface area contributed by atoms with Gasteiger partial charge >= 0.3 is 6.03 Å². The number of hydrogen-bond acceptors (Lipinski definition) is 11. The van der Waals surface area contributed by atoms with E-state index < -0.39 is 34.1 Å². The van der Waals surface area contributed by atoms with Crippen molar-refractivity contribution in [1.82, 2.24) is 24.4 Å². The number of carbonyl (C=O) groups excluding carboxylic acids is 2. The lowest BCUT2D eigenvalue weighted by Gasteiger charge is -2.35. The van der Waals surface area contributed by atoms with Gasteiger partial charge in [0, 0.05) is 38.6 Å². The lowest BCUT2D eigenvalue weighted by Crippen LogP contribution is -2.57. The molecule has 0 radical (unpaired) electrons. The molecule has 14 nitrogen and oxygen atoms in total. The smallest absolute Gasteiger partial charge is 0.321 e. The molecule has 0 aliphatic carbocycles. The molecule has 0 unspecified atom stereocenters. The van der Waals surface area contributed by atoms with Gasteiger partial charge in [0.25, 0.3) is 0 Å². The van der Waals surface area contributed by atoms with Crippen molar-refractivity contribution < 1.29 is 28.3 Å². The van der Waals surface area contributed by atoms with E-state index in [4.69, 9.17) is 11.0 Å². The summed E-state index contributed by atoms with van der Waals surface area (Å²) in [6.07, 6.45) is 0.745. The third-order valence-corrected chi connectivity index (χ3v) is 11.7. The number of urea groups is 1. The summed E-state index contributed by atoms with van der Waals surface area (Å²) in [5.74, 6) is 5.12. The number of aromatic nitrogens is 1. The number of aliphatic hydroxyl groups is 1. The van der Waals surface area contributed by atoms with Gasteiger partial charge in [0.05, 0.1) is 35.5 Å². The zero-order valence-corrected chi connectivity index (χ0v) is 31.4. The first-order valence-corrected chi connectivity index (χ1v) is 19.3. The van der Waals surface area contributed by atoms with E-state index in [0.717, 1.165) is 5.56 Å². The van der Waals surface area contributed by atoms with Gasteiger partial charge in [0.2, 0.25) is 15.9 Å². The number of nitrogens with zero attached hydrogens (tertiary/aromatic N) is 6. The summed E-state index contributed by atoms with van der Waals surface area (Å²) >= 11 is 1.38. The molecule has 4 rings (SSSR count). The molecule has 2 aromatic carbocycles. The average molecular weight is 743 g/mol. The van der Waals surface area contributed by atoms with E-state index in [-0.39, 0.29) is 48.8 Å². The minimum Gasteiger partial charge on any atom is -0.411 e. The zero-order chi connectivity index (χ0) is 37.3. The second-order valence-electron chi connectivity index (χ2n) is 13.4. The van der Waals surface area contributed by atoms with Crippen molar-refractivity contribution in [3.05, 3.63) is 76.8 Å². The van der Waals surface area contributed by atoms with Crippen molar-refractivity contribution in [2.75, 3.05) is 38.2 Å². The van der Waals surface area contributed by atoms with Gasteiger partial charge in [-0.2, -0.15) is 4.31 Å². The Bertz CT molecular complexity index is 1720. The Labute approximate surface area is 304 Å². The molecule has 0 spiro atoms. The van der Waals surface area contributed by atoms with Crippen molar-refractivity contribution in [3.63, 3.8) is 0 Å². The molecule has 3 amide bonds. The van der Waals surface area contributed by atoms with Gasteiger partial charge in [-0.1, -0.05) is 81.7 Å². The highest BCUT2D eigenvalue weighted by atomic mass is 32.2. The van der Waals surface area contributed by atoms with Crippen LogP contribution in [0.25, 0.3) is 0 Å². The summed E-state index contributed by atoms with van der Waals surface area (Å²) in [7, 11) is -2.37. The second-order valence-corrected chi connectivity index (χ2v) is 16.1. The number of sulfonamides is 1. The molecule has 16 heteroatoms. The van der Waals surface area contributed by atoms with Crippen LogP contribution in [-0.2, 0) is 27.8 Å². The van der Waals surface area contributed by atoms with Crippen molar-refractivity contribution in [2.24, 2.45) is 22.8 Å². The molecule has 278 valence electrons. The van der Waals surface area contributed by atoms with Crippen LogP contribution in [0.5, 0.6) is 0 Å². The third kappa shape index (κ3) is 10.3. The first-order valence-electron chi connectivity index (χ1n) is 17.0. The fraction of sp³-hybridized carbons (Fsp3) is 0.486. The Kier molecular flexibility index (Phi) is 13.9. The van der Waals surface area contributed by atoms with Crippen LogP contribution >= 0.6 is 11.3 Å². The monoisotopic (exact) mass is 742 g/mol. The maximum atomic E-state index is 14.3. The molecular formula is C35H50N8O6S2. The molecule has 1 saturated heterocycles. The summed E-state index contributed by atoms with van der Waals surface area (Å²) in [4.78, 5) is 35.8. The Hall–Kier alpha value is -4.09. The van der Waals surface area contributed by atoms with E-state index in [9.17, 15) is 23.1 Å². The molecule has 1 fully saturated rings. The number of carbonyl (C=O) groups is 2. The summed E-state index contributed by atoms with van der Waals surface area (Å²) in [6, 6.07) is 13.3. The van der Waals surface area contributed by atoms with Crippen LogP contribution < -0.4 is 16.2 Å². The van der Waals surface area contributed by atoms with Gasteiger partial charge < -0.3 is 25.4 Å². The van der Waals surface area contributed by atoms with E-state index in [1.54, 1.807) is 16.8 Å².